The van der Waals surface area contributed by atoms with Gasteiger partial charge in [0, 0.05) is 24.2 Å². The van der Waals surface area contributed by atoms with Gasteiger partial charge in [0.15, 0.2) is 6.47 Å². The maximum atomic E-state index is 12.1. The van der Waals surface area contributed by atoms with E-state index in [-0.39, 0.29) is 63.2 Å². The van der Waals surface area contributed by atoms with E-state index in [0.717, 1.165) is 48.2 Å². The fourth-order valence-corrected chi connectivity index (χ4v) is 3.48. The molecule has 2 aromatic carbocycles. The predicted molar refractivity (Wildman–Crippen MR) is 129 cm³/mol. The smallest absolute Gasteiger partial charge is 0.611 e. The molecule has 7 nitrogen and oxygen atoms in total. The maximum Gasteiger partial charge on any atom is 1.00 e. The molecule has 0 radical (unpaired) electrons. The van der Waals surface area contributed by atoms with Crippen LogP contribution in [0.3, 0.4) is 0 Å². The van der Waals surface area contributed by atoms with E-state index in [2.05, 4.69) is 23.4 Å². The van der Waals surface area contributed by atoms with E-state index in [4.69, 9.17) is 15.2 Å². The van der Waals surface area contributed by atoms with Crippen molar-refractivity contribution in [3.63, 3.8) is 0 Å². The van der Waals surface area contributed by atoms with Crippen molar-refractivity contribution in [2.24, 2.45) is 11.7 Å². The summed E-state index contributed by atoms with van der Waals surface area (Å²) in [5.74, 6) is 2.06. The number of carbonyl (C=O) groups excluding carboxylic acids is 2. The van der Waals surface area contributed by atoms with Crippen LogP contribution in [0.1, 0.15) is 42.4 Å². The van der Waals surface area contributed by atoms with Crippen molar-refractivity contribution in [2.45, 2.75) is 39.5 Å². The number of methoxy groups -OCH3 is 1. The van der Waals surface area contributed by atoms with Gasteiger partial charge < -0.3 is 36.5 Å². The Morgan fingerprint density at radius 3 is 2.50 bits per heavy atom. The van der Waals surface area contributed by atoms with Crippen molar-refractivity contribution in [1.29, 1.82) is 0 Å². The molecular weight excluding hydrogens is 459 g/mol. The average Bonchev–Trinajstić information content (AvgIpc) is 2.83. The third kappa shape index (κ3) is 9.60. The van der Waals surface area contributed by atoms with Crippen molar-refractivity contribution in [2.75, 3.05) is 25.6 Å². The molecule has 1 saturated carbocycles. The summed E-state index contributed by atoms with van der Waals surface area (Å²) in [7, 11) is 1.64. The van der Waals surface area contributed by atoms with E-state index in [1.807, 2.05) is 38.1 Å². The average molecular weight is 493 g/mol. The second kappa shape index (κ2) is 16.2. The van der Waals surface area contributed by atoms with Gasteiger partial charge in [-0.2, -0.15) is 24.0 Å². The summed E-state index contributed by atoms with van der Waals surface area (Å²) < 4.78 is 15.2. The van der Waals surface area contributed by atoms with Crippen molar-refractivity contribution in [3.05, 3.63) is 60.4 Å². The van der Waals surface area contributed by atoms with Crippen LogP contribution in [0.4, 0.5) is 5.69 Å². The second-order valence-corrected chi connectivity index (χ2v) is 7.85. The number of rotatable bonds is 8. The fraction of sp³-hybridized carbons (Fsp3) is 0.385. The van der Waals surface area contributed by atoms with Gasteiger partial charge in [0.1, 0.15) is 12.4 Å². The summed E-state index contributed by atoms with van der Waals surface area (Å²) in [4.78, 5) is 22.2. The van der Waals surface area contributed by atoms with Crippen molar-refractivity contribution in [3.8, 4) is 17.2 Å². The maximum absolute atomic E-state index is 12.1. The quantitative estimate of drug-likeness (QED) is 0.426. The van der Waals surface area contributed by atoms with Gasteiger partial charge in [-0.3, -0.25) is 4.79 Å². The SMILES string of the molecule is COc1cc(NC(=O)C2CC[CH-]CC2)ccc1C.[CH2-]c1c(C)cc(OCCN)cc1O[C-]=O.[K+]. The monoisotopic (exact) mass is 492 g/mol. The Kier molecular flexibility index (Phi) is 14.5. The fourth-order valence-electron chi connectivity index (χ4n) is 3.48. The Bertz CT molecular complexity index is 930. The molecule has 1 aliphatic rings. The molecule has 0 atom stereocenters. The molecule has 3 rings (SSSR count). The Morgan fingerprint density at radius 2 is 1.88 bits per heavy atom. The van der Waals surface area contributed by atoms with Gasteiger partial charge in [-0.15, -0.1) is 0 Å². The molecule has 0 aromatic heterocycles. The van der Waals surface area contributed by atoms with Gasteiger partial charge in [0.2, 0.25) is 5.91 Å². The Morgan fingerprint density at radius 1 is 1.18 bits per heavy atom. The minimum atomic E-state index is 0. The molecule has 34 heavy (non-hydrogen) atoms. The van der Waals surface area contributed by atoms with Gasteiger partial charge >= 0.3 is 51.4 Å². The van der Waals surface area contributed by atoms with Crippen LogP contribution in [-0.4, -0.2) is 32.6 Å². The van der Waals surface area contributed by atoms with Crippen molar-refractivity contribution >= 4 is 18.1 Å². The van der Waals surface area contributed by atoms with Crippen LogP contribution in [0, 0.1) is 33.1 Å². The van der Waals surface area contributed by atoms with Crippen molar-refractivity contribution in [1.82, 2.24) is 0 Å². The van der Waals surface area contributed by atoms with Gasteiger partial charge in [-0.25, -0.2) is 6.92 Å². The number of nitrogens with one attached hydrogen (secondary N) is 1. The molecule has 8 heteroatoms. The summed E-state index contributed by atoms with van der Waals surface area (Å²) in [6.07, 6.45) is 6.30. The number of amides is 1. The van der Waals surface area contributed by atoms with Gasteiger partial charge in [0.05, 0.1) is 12.9 Å². The topological polar surface area (TPSA) is 99.9 Å². The van der Waals surface area contributed by atoms with E-state index in [9.17, 15) is 9.59 Å². The summed E-state index contributed by atoms with van der Waals surface area (Å²) in [5.41, 5.74) is 8.73. The largest absolute Gasteiger partial charge is 1.00 e. The number of nitrogens with two attached hydrogens (primary N) is 1. The van der Waals surface area contributed by atoms with E-state index in [1.165, 1.54) is 6.47 Å². The van der Waals surface area contributed by atoms with E-state index < -0.39 is 0 Å². The first kappa shape index (κ1) is 30.5. The zero-order valence-electron chi connectivity index (χ0n) is 20.6. The first-order valence-electron chi connectivity index (χ1n) is 11.0. The number of hydrogen-bond donors (Lipinski definition) is 2. The first-order chi connectivity index (χ1) is 15.9. The van der Waals surface area contributed by atoms with Crippen LogP contribution in [0.2, 0.25) is 0 Å². The zero-order valence-corrected chi connectivity index (χ0v) is 23.7. The van der Waals surface area contributed by atoms with Crippen molar-refractivity contribution < 1.29 is 75.2 Å². The molecule has 1 amide bonds. The summed E-state index contributed by atoms with van der Waals surface area (Å²) in [5, 5.41) is 2.98. The number of benzene rings is 2. The Balaban J connectivity index is 0.000000336. The van der Waals surface area contributed by atoms with Gasteiger partial charge in [0.25, 0.3) is 0 Å². The third-order valence-electron chi connectivity index (χ3n) is 5.43. The molecule has 0 saturated heterocycles. The number of carbonyl (C=O) groups is 1. The summed E-state index contributed by atoms with van der Waals surface area (Å²) >= 11 is 0. The number of aryl methyl sites for hydroxylation is 2. The van der Waals surface area contributed by atoms with Crippen LogP contribution in [0.25, 0.3) is 0 Å². The van der Waals surface area contributed by atoms with Crippen LogP contribution in [-0.2, 0) is 9.59 Å². The minimum Gasteiger partial charge on any atom is -0.611 e. The van der Waals surface area contributed by atoms with Crippen LogP contribution in [0.15, 0.2) is 30.3 Å². The molecule has 1 fully saturated rings. The number of ether oxygens (including phenoxy) is 3. The third-order valence-corrected chi connectivity index (χ3v) is 5.43. The van der Waals surface area contributed by atoms with E-state index in [1.54, 1.807) is 13.2 Å². The molecule has 1 aliphatic carbocycles. The molecule has 180 valence electrons. The molecule has 0 heterocycles. The number of anilines is 1. The summed E-state index contributed by atoms with van der Waals surface area (Å²) in [6, 6.07) is 9.17. The molecule has 0 spiro atoms. The molecule has 2 aromatic rings. The predicted octanol–water partition coefficient (Wildman–Crippen LogP) is 1.30. The zero-order chi connectivity index (χ0) is 24.2. The van der Waals surface area contributed by atoms with Crippen LogP contribution < -0.4 is 76.6 Å². The van der Waals surface area contributed by atoms with E-state index in [0.29, 0.717) is 30.2 Å². The van der Waals surface area contributed by atoms with Crippen LogP contribution in [0.5, 0.6) is 17.2 Å². The van der Waals surface area contributed by atoms with Gasteiger partial charge in [-0.1, -0.05) is 38.0 Å². The molecule has 0 unspecified atom stereocenters. The second-order valence-electron chi connectivity index (χ2n) is 7.85. The molecule has 0 aliphatic heterocycles. The van der Waals surface area contributed by atoms with E-state index >= 15 is 0 Å². The normalized spacial score (nSPS) is 12.9. The molecule has 0 bridgehead atoms. The standard InChI is InChI=1S/C15H20NO2.C11H13NO3.K/c1-11-8-9-13(10-14(11)18-2)16-15(17)12-6-4-3-5-7-12;1-8-5-10(14-4-3-12)6-11(9(8)2)15-7-13;/h3,8-10,12H,4-7H2,1-2H3,(H,16,17);5-6H,2-4,12H2,1H3;/q-1;-2;+1. The number of hydrogen-bond acceptors (Lipinski definition) is 6. The van der Waals surface area contributed by atoms with Gasteiger partial charge in [-0.05, 0) is 24.3 Å². The molecular formula is C26H33KN2O5-2. The minimum absolute atomic E-state index is 0. The Hall–Kier alpha value is -1.55. The Labute approximate surface area is 245 Å². The summed E-state index contributed by atoms with van der Waals surface area (Å²) in [6.45, 7) is 9.83. The first-order valence-corrected chi connectivity index (χ1v) is 11.0. The molecule has 3 N–H and O–H groups in total. The van der Waals surface area contributed by atoms with Crippen LogP contribution >= 0.6 is 0 Å².